The summed E-state index contributed by atoms with van der Waals surface area (Å²) in [5.41, 5.74) is 5.99. The lowest BCUT2D eigenvalue weighted by molar-refractivity contribution is 0.0600. The molecule has 1 fully saturated rings. The Morgan fingerprint density at radius 3 is 2.04 bits per heavy atom. The molecule has 0 spiro atoms. The Labute approximate surface area is 302 Å². The topological polar surface area (TPSA) is 81.5 Å². The van der Waals surface area contributed by atoms with E-state index in [2.05, 4.69) is 11.0 Å². The number of carbonyl (C=O) groups excluding carboxylic acids is 1. The molecule has 5 aromatic carbocycles. The first kappa shape index (κ1) is 34.0. The van der Waals surface area contributed by atoms with Crippen LogP contribution in [0.2, 0.25) is 10.0 Å². The summed E-state index contributed by atoms with van der Waals surface area (Å²) in [4.78, 5) is 14.6. The molecule has 1 aliphatic heterocycles. The van der Waals surface area contributed by atoms with Crippen LogP contribution in [0.5, 0.6) is 0 Å². The lowest BCUT2D eigenvalue weighted by Crippen LogP contribution is -2.32. The van der Waals surface area contributed by atoms with Crippen LogP contribution in [0.1, 0.15) is 63.0 Å². The van der Waals surface area contributed by atoms with Crippen LogP contribution in [-0.2, 0) is 21.3 Å². The second-order valence-corrected chi connectivity index (χ2v) is 15.2. The molecule has 6 aromatic rings. The fraction of sp³-hybridized carbons (Fsp3) is 0.200. The zero-order chi connectivity index (χ0) is 34.8. The molecule has 0 unspecified atom stereocenters. The van der Waals surface area contributed by atoms with Gasteiger partial charge in [0.2, 0.25) is 0 Å². The van der Waals surface area contributed by atoms with Crippen LogP contribution in [0.4, 0.5) is 0 Å². The van der Waals surface area contributed by atoms with Gasteiger partial charge in [0, 0.05) is 33.8 Å². The fourth-order valence-corrected chi connectivity index (χ4v) is 8.48. The monoisotopic (exact) mass is 723 g/mol. The van der Waals surface area contributed by atoms with Crippen LogP contribution in [0, 0.1) is 0 Å². The van der Waals surface area contributed by atoms with E-state index in [1.807, 2.05) is 78.9 Å². The molecule has 7 rings (SSSR count). The second-order valence-electron chi connectivity index (χ2n) is 12.6. The van der Waals surface area contributed by atoms with Crippen LogP contribution >= 0.6 is 23.2 Å². The Bertz CT molecular complexity index is 2200. The highest BCUT2D eigenvalue weighted by Crippen LogP contribution is 2.39. The zero-order valence-electron chi connectivity index (χ0n) is 27.4. The number of methoxy groups -OCH3 is 1. The van der Waals surface area contributed by atoms with Gasteiger partial charge in [-0.3, -0.25) is 4.90 Å². The molecule has 10 heteroatoms. The van der Waals surface area contributed by atoms with Crippen molar-refractivity contribution in [3.63, 3.8) is 0 Å². The summed E-state index contributed by atoms with van der Waals surface area (Å²) in [6, 6.07) is 37.5. The molecular weight excluding hydrogens is 689 g/mol. The number of rotatable bonds is 9. The first-order chi connectivity index (χ1) is 24.2. The highest BCUT2D eigenvalue weighted by Gasteiger charge is 2.30. The van der Waals surface area contributed by atoms with Crippen molar-refractivity contribution in [1.29, 1.82) is 0 Å². The third-order valence-electron chi connectivity index (χ3n) is 9.44. The summed E-state index contributed by atoms with van der Waals surface area (Å²) in [6.45, 7) is 2.29. The Morgan fingerprint density at radius 2 is 1.42 bits per heavy atom. The molecule has 0 radical (unpaired) electrons. The van der Waals surface area contributed by atoms with Crippen LogP contribution < -0.4 is 0 Å². The van der Waals surface area contributed by atoms with E-state index in [-0.39, 0.29) is 22.7 Å². The van der Waals surface area contributed by atoms with Gasteiger partial charge in [-0.05, 0) is 109 Å². The lowest BCUT2D eigenvalue weighted by atomic mass is 9.84. The predicted molar refractivity (Wildman–Crippen MR) is 198 cm³/mol. The number of aromatic nitrogens is 2. The van der Waals surface area contributed by atoms with E-state index in [0.717, 1.165) is 59.3 Å². The lowest BCUT2D eigenvalue weighted by Gasteiger charge is -2.31. The SMILES string of the molecule is COC(=O)c1cccc(CN2CCC(c3nn(S(=O)(=O)c4ccccc4)c4ccc(C(c5ccc(Cl)cc5)c5ccc(Cl)cc5)cc34)CC2)c1. The third kappa shape index (κ3) is 6.94. The van der Waals surface area contributed by atoms with Gasteiger partial charge in [-0.15, -0.1) is 0 Å². The van der Waals surface area contributed by atoms with Crippen molar-refractivity contribution >= 4 is 50.1 Å². The van der Waals surface area contributed by atoms with Crippen molar-refractivity contribution in [2.45, 2.75) is 36.1 Å². The standard InChI is InChI=1S/C40H35Cl2N3O4S/c1-49-40(46)32-7-5-6-27(24-32)26-44-22-20-30(21-23-44)39-36-25-31(14-19-37(36)45(43-39)50(47,48)35-8-3-2-4-9-35)38(28-10-15-33(41)16-11-28)29-12-17-34(42)18-13-29/h2-19,24-25,30,38H,20-23,26H2,1H3. The van der Waals surface area contributed by atoms with Gasteiger partial charge in [0.1, 0.15) is 0 Å². The maximum atomic E-state index is 14.1. The highest BCUT2D eigenvalue weighted by atomic mass is 35.5. The van der Waals surface area contributed by atoms with Crippen molar-refractivity contribution in [3.05, 3.63) is 165 Å². The predicted octanol–water partition coefficient (Wildman–Crippen LogP) is 8.93. The number of esters is 1. The number of nitrogens with zero attached hydrogens (tertiary/aromatic N) is 3. The second kappa shape index (κ2) is 14.4. The van der Waals surface area contributed by atoms with E-state index >= 15 is 0 Å². The first-order valence-corrected chi connectivity index (χ1v) is 18.6. The van der Waals surface area contributed by atoms with E-state index in [9.17, 15) is 13.2 Å². The summed E-state index contributed by atoms with van der Waals surface area (Å²) in [7, 11) is -2.58. The van der Waals surface area contributed by atoms with Crippen molar-refractivity contribution in [2.24, 2.45) is 0 Å². The average molecular weight is 725 g/mol. The van der Waals surface area contributed by atoms with Gasteiger partial charge >= 0.3 is 5.97 Å². The molecule has 1 saturated heterocycles. The van der Waals surface area contributed by atoms with Crippen molar-refractivity contribution in [2.75, 3.05) is 20.2 Å². The van der Waals surface area contributed by atoms with Gasteiger partial charge in [-0.2, -0.15) is 17.6 Å². The fourth-order valence-electron chi connectivity index (χ4n) is 6.91. The number of benzene rings is 5. The van der Waals surface area contributed by atoms with E-state index in [4.69, 9.17) is 33.0 Å². The smallest absolute Gasteiger partial charge is 0.337 e. The van der Waals surface area contributed by atoms with Crippen molar-refractivity contribution in [3.8, 4) is 0 Å². The minimum atomic E-state index is -3.97. The van der Waals surface area contributed by atoms with Gasteiger partial charge < -0.3 is 4.74 Å². The molecule has 0 saturated carbocycles. The number of halogens is 2. The van der Waals surface area contributed by atoms with E-state index in [1.54, 1.807) is 36.4 Å². The Hall–Kier alpha value is -4.47. The molecule has 7 nitrogen and oxygen atoms in total. The Morgan fingerprint density at radius 1 is 0.800 bits per heavy atom. The molecule has 0 aliphatic carbocycles. The Balaban J connectivity index is 1.27. The number of likely N-dealkylation sites (tertiary alicyclic amines) is 1. The van der Waals surface area contributed by atoms with Gasteiger partial charge in [0.15, 0.2) is 0 Å². The molecule has 0 bridgehead atoms. The Kier molecular flexibility index (Phi) is 9.80. The molecule has 2 heterocycles. The summed E-state index contributed by atoms with van der Waals surface area (Å²) in [5.74, 6) is -0.465. The van der Waals surface area contributed by atoms with E-state index < -0.39 is 10.0 Å². The van der Waals surface area contributed by atoms with Gasteiger partial charge in [-0.25, -0.2) is 4.79 Å². The normalized spacial score (nSPS) is 14.3. The molecule has 1 aromatic heterocycles. The van der Waals surface area contributed by atoms with Crippen molar-refractivity contribution in [1.82, 2.24) is 14.1 Å². The maximum Gasteiger partial charge on any atom is 0.337 e. The first-order valence-electron chi connectivity index (χ1n) is 16.4. The van der Waals surface area contributed by atoms with Crippen LogP contribution in [0.15, 0.2) is 126 Å². The van der Waals surface area contributed by atoms with Gasteiger partial charge in [-0.1, -0.05) is 83.9 Å². The third-order valence-corrected chi connectivity index (χ3v) is 11.5. The van der Waals surface area contributed by atoms with Crippen LogP contribution in [0.3, 0.4) is 0 Å². The van der Waals surface area contributed by atoms with E-state index in [1.165, 1.54) is 11.2 Å². The highest BCUT2D eigenvalue weighted by molar-refractivity contribution is 7.90. The number of hydrogen-bond acceptors (Lipinski definition) is 6. The summed E-state index contributed by atoms with van der Waals surface area (Å²) in [5, 5.41) is 7.02. The quantitative estimate of drug-likeness (QED) is 0.109. The summed E-state index contributed by atoms with van der Waals surface area (Å²) >= 11 is 12.6. The number of ether oxygens (including phenoxy) is 1. The minimum Gasteiger partial charge on any atom is -0.465 e. The number of hydrogen-bond donors (Lipinski definition) is 0. The minimum absolute atomic E-state index is 0.0436. The maximum absolute atomic E-state index is 14.1. The van der Waals surface area contributed by atoms with E-state index in [0.29, 0.717) is 27.7 Å². The average Bonchev–Trinajstić information content (AvgIpc) is 3.54. The number of carbonyl (C=O) groups is 1. The number of piperidine rings is 1. The summed E-state index contributed by atoms with van der Waals surface area (Å²) in [6.07, 6.45) is 1.60. The molecule has 254 valence electrons. The molecular formula is C40H35Cl2N3O4S. The number of fused-ring (bicyclic) bond motifs is 1. The molecule has 1 aliphatic rings. The van der Waals surface area contributed by atoms with Gasteiger partial charge in [0.05, 0.1) is 28.8 Å². The zero-order valence-corrected chi connectivity index (χ0v) is 29.7. The van der Waals surface area contributed by atoms with Crippen molar-refractivity contribution < 1.29 is 17.9 Å². The molecule has 0 amide bonds. The van der Waals surface area contributed by atoms with Crippen LogP contribution in [0.25, 0.3) is 10.9 Å². The molecule has 50 heavy (non-hydrogen) atoms. The van der Waals surface area contributed by atoms with Crippen LogP contribution in [-0.4, -0.2) is 48.7 Å². The molecule has 0 atom stereocenters. The summed E-state index contributed by atoms with van der Waals surface area (Å²) < 4.78 is 34.2. The largest absolute Gasteiger partial charge is 0.465 e. The molecule has 0 N–H and O–H groups in total. The van der Waals surface area contributed by atoms with Gasteiger partial charge in [0.25, 0.3) is 10.0 Å².